The van der Waals surface area contributed by atoms with Gasteiger partial charge in [0.25, 0.3) is 5.91 Å². The average molecular weight is 305 g/mol. The van der Waals surface area contributed by atoms with E-state index in [-0.39, 0.29) is 17.5 Å². The molecule has 1 N–H and O–H groups in total. The maximum atomic E-state index is 13.3. The predicted molar refractivity (Wildman–Crippen MR) is 59.6 cm³/mol. The molecule has 0 unspecified atom stereocenters. The SMILES string of the molecule is O=C(NC1CC1)c1ccc(I)cc1F. The van der Waals surface area contributed by atoms with E-state index in [0.717, 1.165) is 16.4 Å². The summed E-state index contributed by atoms with van der Waals surface area (Å²) in [4.78, 5) is 11.5. The number of amides is 1. The molecule has 0 saturated heterocycles. The molecule has 1 saturated carbocycles. The third-order valence-electron chi connectivity index (χ3n) is 2.09. The van der Waals surface area contributed by atoms with Gasteiger partial charge in [-0.25, -0.2) is 4.39 Å². The fraction of sp³-hybridized carbons (Fsp3) is 0.300. The van der Waals surface area contributed by atoms with E-state index in [1.54, 1.807) is 6.07 Å². The molecule has 0 spiro atoms. The molecule has 0 bridgehead atoms. The van der Waals surface area contributed by atoms with Crippen LogP contribution in [0.1, 0.15) is 23.2 Å². The van der Waals surface area contributed by atoms with Gasteiger partial charge in [0.15, 0.2) is 0 Å². The van der Waals surface area contributed by atoms with Gasteiger partial charge in [-0.3, -0.25) is 4.79 Å². The molecule has 0 aliphatic heterocycles. The largest absolute Gasteiger partial charge is 0.349 e. The first-order valence-electron chi connectivity index (χ1n) is 4.43. The van der Waals surface area contributed by atoms with Crippen LogP contribution in [0.5, 0.6) is 0 Å². The van der Waals surface area contributed by atoms with Gasteiger partial charge in [-0.05, 0) is 53.6 Å². The van der Waals surface area contributed by atoms with E-state index in [9.17, 15) is 9.18 Å². The summed E-state index contributed by atoms with van der Waals surface area (Å²) in [5.41, 5.74) is 0.136. The van der Waals surface area contributed by atoms with Crippen LogP contribution in [-0.2, 0) is 0 Å². The minimum atomic E-state index is -0.449. The van der Waals surface area contributed by atoms with Crippen LogP contribution in [0.4, 0.5) is 4.39 Å². The minimum absolute atomic E-state index is 0.136. The Morgan fingerprint density at radius 2 is 2.21 bits per heavy atom. The Hall–Kier alpha value is -0.650. The highest BCUT2D eigenvalue weighted by atomic mass is 127. The molecule has 4 heteroatoms. The first-order chi connectivity index (χ1) is 6.66. The zero-order chi connectivity index (χ0) is 10.1. The minimum Gasteiger partial charge on any atom is -0.349 e. The summed E-state index contributed by atoms with van der Waals surface area (Å²) < 4.78 is 14.1. The first kappa shape index (κ1) is 9.89. The molecule has 0 radical (unpaired) electrons. The van der Waals surface area contributed by atoms with Gasteiger partial charge in [-0.15, -0.1) is 0 Å². The zero-order valence-electron chi connectivity index (χ0n) is 7.39. The summed E-state index contributed by atoms with van der Waals surface area (Å²) in [7, 11) is 0. The number of benzene rings is 1. The predicted octanol–water partition coefficient (Wildman–Crippen LogP) is 2.32. The lowest BCUT2D eigenvalue weighted by Crippen LogP contribution is -2.26. The van der Waals surface area contributed by atoms with Crippen LogP contribution in [0, 0.1) is 9.39 Å². The quantitative estimate of drug-likeness (QED) is 0.835. The molecule has 2 rings (SSSR count). The van der Waals surface area contributed by atoms with E-state index in [4.69, 9.17) is 0 Å². The first-order valence-corrected chi connectivity index (χ1v) is 5.50. The summed E-state index contributed by atoms with van der Waals surface area (Å²) in [5.74, 6) is -0.753. The van der Waals surface area contributed by atoms with Crippen LogP contribution in [0.25, 0.3) is 0 Å². The summed E-state index contributed by atoms with van der Waals surface area (Å²) >= 11 is 2.01. The zero-order valence-corrected chi connectivity index (χ0v) is 9.55. The second-order valence-corrected chi connectivity index (χ2v) is 4.62. The Labute approximate surface area is 95.0 Å². The van der Waals surface area contributed by atoms with Crippen LogP contribution in [0.2, 0.25) is 0 Å². The van der Waals surface area contributed by atoms with Gasteiger partial charge in [-0.2, -0.15) is 0 Å². The number of halogens is 2. The number of hydrogen-bond acceptors (Lipinski definition) is 1. The monoisotopic (exact) mass is 305 g/mol. The van der Waals surface area contributed by atoms with Gasteiger partial charge in [-0.1, -0.05) is 0 Å². The molecule has 0 atom stereocenters. The van der Waals surface area contributed by atoms with Gasteiger partial charge in [0, 0.05) is 9.61 Å². The average Bonchev–Trinajstić information content (AvgIpc) is 2.87. The maximum absolute atomic E-state index is 13.3. The molecule has 1 fully saturated rings. The van der Waals surface area contributed by atoms with Crippen molar-refractivity contribution in [1.82, 2.24) is 5.32 Å². The van der Waals surface area contributed by atoms with E-state index in [1.165, 1.54) is 12.1 Å². The molecular formula is C10H9FINO. The van der Waals surface area contributed by atoms with Crippen molar-refractivity contribution >= 4 is 28.5 Å². The highest BCUT2D eigenvalue weighted by molar-refractivity contribution is 14.1. The van der Waals surface area contributed by atoms with Crippen LogP contribution in [0.3, 0.4) is 0 Å². The highest BCUT2D eigenvalue weighted by Gasteiger charge is 2.24. The fourth-order valence-electron chi connectivity index (χ4n) is 1.16. The normalized spacial score (nSPS) is 15.3. The molecule has 14 heavy (non-hydrogen) atoms. The molecular weight excluding hydrogens is 296 g/mol. The molecule has 0 heterocycles. The molecule has 1 amide bonds. The molecule has 1 aliphatic carbocycles. The molecule has 1 aliphatic rings. The molecule has 1 aromatic carbocycles. The Bertz CT molecular complexity index is 376. The highest BCUT2D eigenvalue weighted by Crippen LogP contribution is 2.20. The summed E-state index contributed by atoms with van der Waals surface area (Å²) in [6.45, 7) is 0. The van der Waals surface area contributed by atoms with Crippen molar-refractivity contribution in [2.75, 3.05) is 0 Å². The standard InChI is InChI=1S/C10H9FINO/c11-9-5-6(12)1-4-8(9)10(14)13-7-2-3-7/h1,4-5,7H,2-3H2,(H,13,14). The van der Waals surface area contributed by atoms with Gasteiger partial charge in [0.05, 0.1) is 5.56 Å². The second-order valence-electron chi connectivity index (χ2n) is 3.37. The number of hydrogen-bond donors (Lipinski definition) is 1. The Morgan fingerprint density at radius 3 is 2.79 bits per heavy atom. The summed E-state index contributed by atoms with van der Waals surface area (Å²) in [6.07, 6.45) is 2.02. The fourth-order valence-corrected chi connectivity index (χ4v) is 1.62. The van der Waals surface area contributed by atoms with E-state index in [0.29, 0.717) is 0 Å². The van der Waals surface area contributed by atoms with Gasteiger partial charge < -0.3 is 5.32 Å². The van der Waals surface area contributed by atoms with Crippen molar-refractivity contribution in [3.63, 3.8) is 0 Å². The lowest BCUT2D eigenvalue weighted by molar-refractivity contribution is 0.0947. The van der Waals surface area contributed by atoms with Crippen LogP contribution in [0.15, 0.2) is 18.2 Å². The third kappa shape index (κ3) is 2.23. The van der Waals surface area contributed by atoms with Crippen molar-refractivity contribution in [3.05, 3.63) is 33.1 Å². The Balaban J connectivity index is 2.17. The van der Waals surface area contributed by atoms with Crippen molar-refractivity contribution in [2.24, 2.45) is 0 Å². The number of carbonyl (C=O) groups excluding carboxylic acids is 1. The lowest BCUT2D eigenvalue weighted by Gasteiger charge is -2.04. The summed E-state index contributed by atoms with van der Waals surface area (Å²) in [5, 5.41) is 2.75. The van der Waals surface area contributed by atoms with E-state index >= 15 is 0 Å². The number of carbonyl (C=O) groups is 1. The van der Waals surface area contributed by atoms with Gasteiger partial charge in [0.2, 0.25) is 0 Å². The van der Waals surface area contributed by atoms with Crippen LogP contribution >= 0.6 is 22.6 Å². The van der Waals surface area contributed by atoms with E-state index in [2.05, 4.69) is 5.32 Å². The molecule has 74 valence electrons. The van der Waals surface area contributed by atoms with Crippen molar-refractivity contribution in [3.8, 4) is 0 Å². The van der Waals surface area contributed by atoms with Crippen molar-refractivity contribution in [2.45, 2.75) is 18.9 Å². The molecule has 0 aromatic heterocycles. The Kier molecular flexibility index (Phi) is 2.71. The number of rotatable bonds is 2. The third-order valence-corrected chi connectivity index (χ3v) is 2.76. The lowest BCUT2D eigenvalue weighted by atomic mass is 10.2. The van der Waals surface area contributed by atoms with Crippen molar-refractivity contribution in [1.29, 1.82) is 0 Å². The van der Waals surface area contributed by atoms with E-state index < -0.39 is 5.82 Å². The van der Waals surface area contributed by atoms with Crippen LogP contribution in [-0.4, -0.2) is 11.9 Å². The van der Waals surface area contributed by atoms with Crippen LogP contribution < -0.4 is 5.32 Å². The molecule has 1 aromatic rings. The second kappa shape index (κ2) is 3.84. The Morgan fingerprint density at radius 1 is 1.50 bits per heavy atom. The smallest absolute Gasteiger partial charge is 0.254 e. The van der Waals surface area contributed by atoms with Crippen molar-refractivity contribution < 1.29 is 9.18 Å². The molecule has 2 nitrogen and oxygen atoms in total. The van der Waals surface area contributed by atoms with Gasteiger partial charge >= 0.3 is 0 Å². The number of nitrogens with one attached hydrogen (secondary N) is 1. The summed E-state index contributed by atoms with van der Waals surface area (Å²) in [6, 6.07) is 4.88. The maximum Gasteiger partial charge on any atom is 0.254 e. The van der Waals surface area contributed by atoms with E-state index in [1.807, 2.05) is 22.6 Å². The topological polar surface area (TPSA) is 29.1 Å². The van der Waals surface area contributed by atoms with Gasteiger partial charge in [0.1, 0.15) is 5.82 Å².